The molecule has 0 aromatic carbocycles. The van der Waals surface area contributed by atoms with E-state index in [0.29, 0.717) is 11.2 Å². The summed E-state index contributed by atoms with van der Waals surface area (Å²) in [7, 11) is -8.04. The standard InChI is InChI=1S/C29H46N5O12PS/c1-16(2)26(35)44-23-22(20-10-11-21-25(30)31-15-32-34(20)21)46-29(8,24(23)45-27(36)17(3)4)14-42-47(38,41-12-13-48(9,39)40)33-19(7)28(37)43-18(5)6/h10-11,15-19,22-24H,12-14H2,1-9H3,(H,33,38)(H2,30,31,32)/t19-,22-,23-,24-,29+,47?/m0/s1. The zero-order valence-corrected chi connectivity index (χ0v) is 30.3. The highest BCUT2D eigenvalue weighted by molar-refractivity contribution is 7.90. The molecule has 1 fully saturated rings. The van der Waals surface area contributed by atoms with E-state index >= 15 is 0 Å². The summed E-state index contributed by atoms with van der Waals surface area (Å²) in [5.74, 6) is -3.54. The Morgan fingerprint density at radius 3 is 2.25 bits per heavy atom. The van der Waals surface area contributed by atoms with Crippen LogP contribution < -0.4 is 10.8 Å². The molecule has 0 radical (unpaired) electrons. The second kappa shape index (κ2) is 15.6. The molecule has 0 bridgehead atoms. The van der Waals surface area contributed by atoms with Crippen LogP contribution in [-0.2, 0) is 56.8 Å². The summed E-state index contributed by atoms with van der Waals surface area (Å²) >= 11 is 0. The number of nitrogens with two attached hydrogens (primary N) is 1. The number of carbonyl (C=O) groups excluding carboxylic acids is 3. The summed E-state index contributed by atoms with van der Waals surface area (Å²) in [6, 6.07) is 2.06. The van der Waals surface area contributed by atoms with E-state index < -0.39 is 102 Å². The number of anilines is 1. The fraction of sp³-hybridized carbons (Fsp3) is 0.690. The molecule has 2 aromatic heterocycles. The van der Waals surface area contributed by atoms with E-state index in [1.807, 2.05) is 0 Å². The minimum atomic E-state index is -4.51. The summed E-state index contributed by atoms with van der Waals surface area (Å²) < 4.78 is 73.8. The minimum absolute atomic E-state index is 0.169. The van der Waals surface area contributed by atoms with Crippen molar-refractivity contribution >= 4 is 46.8 Å². The van der Waals surface area contributed by atoms with Gasteiger partial charge in [-0.3, -0.25) is 23.4 Å². The van der Waals surface area contributed by atoms with Crippen LogP contribution in [0.3, 0.4) is 0 Å². The number of nitrogens with one attached hydrogen (secondary N) is 1. The van der Waals surface area contributed by atoms with Crippen LogP contribution in [0.2, 0.25) is 0 Å². The number of carbonyl (C=O) groups is 3. The van der Waals surface area contributed by atoms with Crippen molar-refractivity contribution < 1.29 is 55.4 Å². The Balaban J connectivity index is 2.06. The van der Waals surface area contributed by atoms with Crippen LogP contribution in [0.5, 0.6) is 0 Å². The van der Waals surface area contributed by atoms with Crippen LogP contribution in [0.1, 0.15) is 67.2 Å². The predicted octanol–water partition coefficient (Wildman–Crippen LogP) is 2.39. The van der Waals surface area contributed by atoms with E-state index in [1.165, 1.54) is 24.7 Å². The van der Waals surface area contributed by atoms with Crippen LogP contribution in [-0.4, -0.2) is 96.1 Å². The highest BCUT2D eigenvalue weighted by Crippen LogP contribution is 2.50. The number of fused-ring (bicyclic) bond motifs is 1. The third kappa shape index (κ3) is 9.95. The molecule has 6 atom stereocenters. The first-order valence-corrected chi connectivity index (χ1v) is 19.0. The van der Waals surface area contributed by atoms with Crippen molar-refractivity contribution in [2.45, 2.75) is 91.4 Å². The van der Waals surface area contributed by atoms with Gasteiger partial charge >= 0.3 is 25.7 Å². The lowest BCUT2D eigenvalue weighted by atomic mass is 9.95. The third-order valence-corrected chi connectivity index (χ3v) is 9.73. The first-order chi connectivity index (χ1) is 22.2. The Morgan fingerprint density at radius 2 is 1.67 bits per heavy atom. The van der Waals surface area contributed by atoms with Gasteiger partial charge in [0.05, 0.1) is 42.6 Å². The number of hydrogen-bond donors (Lipinski definition) is 2. The lowest BCUT2D eigenvalue weighted by Crippen LogP contribution is -2.49. The first-order valence-electron chi connectivity index (χ1n) is 15.4. The van der Waals surface area contributed by atoms with Gasteiger partial charge in [-0.25, -0.2) is 27.6 Å². The van der Waals surface area contributed by atoms with E-state index in [1.54, 1.807) is 53.7 Å². The van der Waals surface area contributed by atoms with E-state index in [0.717, 1.165) is 6.26 Å². The molecule has 0 spiro atoms. The zero-order chi connectivity index (χ0) is 36.2. The highest BCUT2D eigenvalue weighted by Gasteiger charge is 2.59. The number of rotatable bonds is 16. The summed E-state index contributed by atoms with van der Waals surface area (Å²) in [6.07, 6.45) is -2.00. The number of nitrogen functional groups attached to an aromatic ring is 1. The molecule has 2 aromatic rings. The zero-order valence-electron chi connectivity index (χ0n) is 28.6. The van der Waals surface area contributed by atoms with Gasteiger partial charge in [0, 0.05) is 6.26 Å². The van der Waals surface area contributed by atoms with Crippen molar-refractivity contribution in [3.8, 4) is 0 Å². The number of hydrogen-bond acceptors (Lipinski definition) is 15. The van der Waals surface area contributed by atoms with Gasteiger partial charge in [0.1, 0.15) is 39.4 Å². The van der Waals surface area contributed by atoms with Gasteiger partial charge in [-0.2, -0.15) is 5.10 Å². The third-order valence-electron chi connectivity index (χ3n) is 7.13. The first kappa shape index (κ1) is 39.3. The molecule has 3 N–H and O–H groups in total. The maximum atomic E-state index is 14.1. The van der Waals surface area contributed by atoms with Crippen LogP contribution in [0.15, 0.2) is 18.5 Å². The quantitative estimate of drug-likeness (QED) is 0.144. The van der Waals surface area contributed by atoms with Gasteiger partial charge < -0.3 is 24.7 Å². The molecule has 17 nitrogen and oxygen atoms in total. The molecule has 1 aliphatic rings. The smallest absolute Gasteiger partial charge is 0.406 e. The van der Waals surface area contributed by atoms with Gasteiger partial charge in [0.15, 0.2) is 18.0 Å². The van der Waals surface area contributed by atoms with Gasteiger partial charge in [-0.1, -0.05) is 27.7 Å². The monoisotopic (exact) mass is 719 g/mol. The Kier molecular flexibility index (Phi) is 12.8. The highest BCUT2D eigenvalue weighted by atomic mass is 32.2. The van der Waals surface area contributed by atoms with Gasteiger partial charge in [-0.15, -0.1) is 0 Å². The number of ether oxygens (including phenoxy) is 4. The summed E-state index contributed by atoms with van der Waals surface area (Å²) in [6.45, 7) is 11.5. The average molecular weight is 720 g/mol. The summed E-state index contributed by atoms with van der Waals surface area (Å²) in [5.41, 5.74) is 5.16. The molecule has 1 saturated heterocycles. The lowest BCUT2D eigenvalue weighted by Gasteiger charge is -2.33. The molecule has 0 saturated carbocycles. The van der Waals surface area contributed by atoms with Crippen molar-refractivity contribution in [1.82, 2.24) is 19.7 Å². The molecule has 0 aliphatic carbocycles. The van der Waals surface area contributed by atoms with Gasteiger partial charge in [0.2, 0.25) is 0 Å². The van der Waals surface area contributed by atoms with Crippen molar-refractivity contribution in [2.75, 3.05) is 31.0 Å². The normalized spacial score (nSPS) is 23.4. The summed E-state index contributed by atoms with van der Waals surface area (Å²) in [5, 5.41) is 6.75. The molecular weight excluding hydrogens is 673 g/mol. The van der Waals surface area contributed by atoms with Crippen LogP contribution in [0.25, 0.3) is 5.52 Å². The molecule has 19 heteroatoms. The second-order valence-corrected chi connectivity index (χ2v) is 16.7. The van der Waals surface area contributed by atoms with Crippen LogP contribution in [0.4, 0.5) is 5.82 Å². The maximum Gasteiger partial charge on any atom is 0.406 e. The van der Waals surface area contributed by atoms with Crippen molar-refractivity contribution in [1.29, 1.82) is 0 Å². The van der Waals surface area contributed by atoms with Crippen LogP contribution in [0, 0.1) is 11.8 Å². The number of aromatic nitrogens is 3. The van der Waals surface area contributed by atoms with E-state index in [-0.39, 0.29) is 5.82 Å². The Hall–Kier alpha value is -3.15. The Labute approximate surface area is 280 Å². The molecule has 1 aliphatic heterocycles. The number of esters is 3. The fourth-order valence-electron chi connectivity index (χ4n) is 4.57. The molecule has 48 heavy (non-hydrogen) atoms. The molecule has 3 rings (SSSR count). The van der Waals surface area contributed by atoms with Crippen LogP contribution >= 0.6 is 7.75 Å². The molecule has 270 valence electrons. The Bertz CT molecular complexity index is 1630. The number of nitrogens with zero attached hydrogens (tertiary/aromatic N) is 3. The number of sulfone groups is 1. The maximum absolute atomic E-state index is 14.1. The minimum Gasteiger partial charge on any atom is -0.462 e. The molecule has 1 unspecified atom stereocenters. The molecule has 0 amide bonds. The predicted molar refractivity (Wildman–Crippen MR) is 172 cm³/mol. The largest absolute Gasteiger partial charge is 0.462 e. The van der Waals surface area contributed by atoms with E-state index in [4.69, 9.17) is 33.7 Å². The fourth-order valence-corrected chi connectivity index (χ4v) is 6.64. The van der Waals surface area contributed by atoms with Gasteiger partial charge in [-0.05, 0) is 39.8 Å². The van der Waals surface area contributed by atoms with Crippen molar-refractivity contribution in [3.63, 3.8) is 0 Å². The van der Waals surface area contributed by atoms with E-state index in [2.05, 4.69) is 15.2 Å². The topological polar surface area (TPSA) is 226 Å². The van der Waals surface area contributed by atoms with Crippen molar-refractivity contribution in [3.05, 3.63) is 24.2 Å². The Morgan fingerprint density at radius 1 is 1.04 bits per heavy atom. The van der Waals surface area contributed by atoms with Crippen molar-refractivity contribution in [2.24, 2.45) is 11.8 Å². The average Bonchev–Trinajstić information content (AvgIpc) is 3.51. The molecular formula is C29H46N5O12PS. The lowest BCUT2D eigenvalue weighted by molar-refractivity contribution is -0.175. The van der Waals surface area contributed by atoms with E-state index in [9.17, 15) is 27.4 Å². The molecule has 3 heterocycles. The van der Waals surface area contributed by atoms with Gasteiger partial charge in [0.25, 0.3) is 0 Å². The summed E-state index contributed by atoms with van der Waals surface area (Å²) in [4.78, 5) is 42.6. The second-order valence-electron chi connectivity index (χ2n) is 12.7. The SMILES string of the molecule is CC(C)OC(=O)[C@H](C)NP(=O)(OCCS(C)(=O)=O)OC[C@@]1(C)O[C@@H](c2ccc3c(N)ncnn23)[C@H](OC(=O)C(C)C)[C@@H]1OC(=O)C(C)C.